The van der Waals surface area contributed by atoms with Crippen LogP contribution in [0.15, 0.2) is 45.6 Å². The van der Waals surface area contributed by atoms with E-state index in [1.54, 1.807) is 0 Å². The van der Waals surface area contributed by atoms with Crippen LogP contribution in [-0.2, 0) is 19.2 Å². The summed E-state index contributed by atoms with van der Waals surface area (Å²) in [5.74, 6) is -3.04. The van der Waals surface area contributed by atoms with Gasteiger partial charge in [0.2, 0.25) is 5.75 Å². The van der Waals surface area contributed by atoms with Crippen LogP contribution in [0.5, 0.6) is 23.0 Å². The van der Waals surface area contributed by atoms with Crippen molar-refractivity contribution < 1.29 is 42.5 Å². The molecule has 1 aromatic heterocycles. The zero-order valence-corrected chi connectivity index (χ0v) is 18.0. The van der Waals surface area contributed by atoms with E-state index in [4.69, 9.17) is 23.4 Å². The molecule has 1 heterocycles. The van der Waals surface area contributed by atoms with Crippen LogP contribution >= 0.6 is 0 Å². The summed E-state index contributed by atoms with van der Waals surface area (Å²) in [6, 6.07) is 8.55. The van der Waals surface area contributed by atoms with E-state index in [0.717, 1.165) is 6.92 Å². The van der Waals surface area contributed by atoms with Gasteiger partial charge in [-0.2, -0.15) is 0 Å². The predicted octanol–water partition coefficient (Wildman–Crippen LogP) is 3.16. The van der Waals surface area contributed by atoms with E-state index in [2.05, 4.69) is 0 Å². The molecule has 0 saturated heterocycles. The van der Waals surface area contributed by atoms with Crippen LogP contribution in [0.1, 0.15) is 27.7 Å². The topological polar surface area (TPSA) is 135 Å². The molecular weight excluding hydrogens is 436 g/mol. The van der Waals surface area contributed by atoms with Gasteiger partial charge in [-0.1, -0.05) is 6.07 Å². The van der Waals surface area contributed by atoms with Crippen LogP contribution in [0.25, 0.3) is 22.1 Å². The summed E-state index contributed by atoms with van der Waals surface area (Å²) in [6.45, 7) is 4.67. The molecule has 0 amide bonds. The Morgan fingerprint density at radius 3 is 1.82 bits per heavy atom. The largest absolute Gasteiger partial charge is 0.423 e. The van der Waals surface area contributed by atoms with Crippen LogP contribution in [0, 0.1) is 0 Å². The van der Waals surface area contributed by atoms with Gasteiger partial charge in [0.05, 0.1) is 5.56 Å². The highest BCUT2D eigenvalue weighted by molar-refractivity contribution is 5.91. The maximum absolute atomic E-state index is 12.8. The molecule has 0 bridgehead atoms. The number of hydrogen-bond acceptors (Lipinski definition) is 10. The van der Waals surface area contributed by atoms with E-state index in [-0.39, 0.29) is 34.1 Å². The second kappa shape index (κ2) is 9.35. The van der Waals surface area contributed by atoms with E-state index in [1.807, 2.05) is 0 Å². The van der Waals surface area contributed by atoms with Crippen molar-refractivity contribution in [2.75, 3.05) is 0 Å². The number of rotatable bonds is 5. The van der Waals surface area contributed by atoms with Crippen LogP contribution < -0.4 is 24.6 Å². The first-order chi connectivity index (χ1) is 15.5. The van der Waals surface area contributed by atoms with Gasteiger partial charge in [0, 0.05) is 33.1 Å². The highest BCUT2D eigenvalue weighted by Crippen LogP contribution is 2.38. The summed E-state index contributed by atoms with van der Waals surface area (Å²) >= 11 is 0. The molecule has 0 saturated carbocycles. The van der Waals surface area contributed by atoms with Crippen LogP contribution in [-0.4, -0.2) is 23.9 Å². The molecule has 0 fully saturated rings. The molecule has 10 nitrogen and oxygen atoms in total. The third-order valence-electron chi connectivity index (χ3n) is 4.08. The van der Waals surface area contributed by atoms with Gasteiger partial charge in [-0.25, -0.2) is 4.79 Å². The van der Waals surface area contributed by atoms with Crippen molar-refractivity contribution in [1.29, 1.82) is 0 Å². The lowest BCUT2D eigenvalue weighted by atomic mass is 10.0. The van der Waals surface area contributed by atoms with Crippen molar-refractivity contribution in [3.63, 3.8) is 0 Å². The normalized spacial score (nSPS) is 10.4. The molecule has 0 N–H and O–H groups in total. The third-order valence-corrected chi connectivity index (χ3v) is 4.08. The Morgan fingerprint density at radius 2 is 1.21 bits per heavy atom. The minimum absolute atomic E-state index is 0.00482. The van der Waals surface area contributed by atoms with Gasteiger partial charge >= 0.3 is 29.5 Å². The lowest BCUT2D eigenvalue weighted by Gasteiger charge is -2.12. The second-order valence-corrected chi connectivity index (χ2v) is 6.79. The minimum atomic E-state index is -0.815. The van der Waals surface area contributed by atoms with Gasteiger partial charge in [-0.05, 0) is 35.9 Å². The molecule has 0 aliphatic carbocycles. The predicted molar refractivity (Wildman–Crippen MR) is 113 cm³/mol. The summed E-state index contributed by atoms with van der Waals surface area (Å²) in [5.41, 5.74) is -0.533. The first kappa shape index (κ1) is 23.2. The van der Waals surface area contributed by atoms with Crippen molar-refractivity contribution in [3.8, 4) is 34.1 Å². The Hall–Kier alpha value is -4.47. The van der Waals surface area contributed by atoms with Crippen LogP contribution in [0.3, 0.4) is 0 Å². The number of ether oxygens (including phenoxy) is 4. The number of fused-ring (bicyclic) bond motifs is 1. The number of esters is 4. The Kier molecular flexibility index (Phi) is 6.57. The third kappa shape index (κ3) is 5.42. The van der Waals surface area contributed by atoms with Crippen molar-refractivity contribution in [2.45, 2.75) is 27.7 Å². The van der Waals surface area contributed by atoms with E-state index in [9.17, 15) is 24.0 Å². The van der Waals surface area contributed by atoms with Gasteiger partial charge in [0.15, 0.2) is 22.8 Å². The highest BCUT2D eigenvalue weighted by Gasteiger charge is 2.20. The molecule has 3 rings (SSSR count). The first-order valence-corrected chi connectivity index (χ1v) is 9.54. The maximum atomic E-state index is 12.8. The molecule has 170 valence electrons. The Morgan fingerprint density at radius 1 is 0.667 bits per heavy atom. The molecular formula is C23H18O10. The van der Waals surface area contributed by atoms with Gasteiger partial charge in [-0.3, -0.25) is 19.2 Å². The SMILES string of the molecule is CC(=O)Oc1ccc(-c2cc3ccc(OC(C)=O)c(OC(C)=O)c3oc2=O)cc1OC(C)=O. The van der Waals surface area contributed by atoms with E-state index in [1.165, 1.54) is 57.2 Å². The summed E-state index contributed by atoms with van der Waals surface area (Å²) in [6.07, 6.45) is 0. The number of carbonyl (C=O) groups excluding carboxylic acids is 4. The summed E-state index contributed by atoms with van der Waals surface area (Å²) in [7, 11) is 0. The number of benzene rings is 2. The Bertz CT molecular complexity index is 1350. The van der Waals surface area contributed by atoms with E-state index in [0.29, 0.717) is 10.9 Å². The fraction of sp³-hybridized carbons (Fsp3) is 0.174. The van der Waals surface area contributed by atoms with Gasteiger partial charge in [0.1, 0.15) is 0 Å². The standard InChI is InChI=1S/C23H18O10/c1-11(24)29-18-7-5-15(10-20(18)31-13(3)26)17-9-16-6-8-19(30-12(2)25)22(32-14(4)27)21(16)33-23(17)28/h5-10H,1-4H3. The molecule has 0 aliphatic rings. The monoisotopic (exact) mass is 454 g/mol. The van der Waals surface area contributed by atoms with Crippen LogP contribution in [0.2, 0.25) is 0 Å². The van der Waals surface area contributed by atoms with Gasteiger partial charge in [-0.15, -0.1) is 0 Å². The average molecular weight is 454 g/mol. The summed E-state index contributed by atoms with van der Waals surface area (Å²) in [4.78, 5) is 58.5. The first-order valence-electron chi connectivity index (χ1n) is 9.54. The lowest BCUT2D eigenvalue weighted by molar-refractivity contribution is -0.134. The molecule has 0 unspecified atom stereocenters. The molecule has 10 heteroatoms. The minimum Gasteiger partial charge on any atom is -0.423 e. The molecule has 0 spiro atoms. The van der Waals surface area contributed by atoms with Crippen molar-refractivity contribution in [3.05, 3.63) is 46.8 Å². The molecule has 0 radical (unpaired) electrons. The number of hydrogen-bond donors (Lipinski definition) is 0. The fourth-order valence-electron chi connectivity index (χ4n) is 2.97. The summed E-state index contributed by atoms with van der Waals surface area (Å²) < 4.78 is 25.7. The van der Waals surface area contributed by atoms with E-state index >= 15 is 0 Å². The fourth-order valence-corrected chi connectivity index (χ4v) is 2.97. The van der Waals surface area contributed by atoms with Gasteiger partial charge < -0.3 is 23.4 Å². The zero-order valence-electron chi connectivity index (χ0n) is 18.0. The zero-order chi connectivity index (χ0) is 24.3. The Labute approximate surface area is 186 Å². The highest BCUT2D eigenvalue weighted by atomic mass is 16.6. The molecule has 3 aromatic rings. The van der Waals surface area contributed by atoms with Crippen molar-refractivity contribution >= 4 is 34.8 Å². The van der Waals surface area contributed by atoms with Crippen molar-refractivity contribution in [2.24, 2.45) is 0 Å². The maximum Gasteiger partial charge on any atom is 0.344 e. The molecule has 2 aromatic carbocycles. The molecule has 0 aliphatic heterocycles. The second-order valence-electron chi connectivity index (χ2n) is 6.79. The lowest BCUT2D eigenvalue weighted by Crippen LogP contribution is -2.10. The smallest absolute Gasteiger partial charge is 0.344 e. The van der Waals surface area contributed by atoms with Crippen LogP contribution in [0.4, 0.5) is 0 Å². The summed E-state index contributed by atoms with van der Waals surface area (Å²) in [5, 5.41) is 0.356. The molecule has 0 atom stereocenters. The number of carbonyl (C=O) groups is 4. The van der Waals surface area contributed by atoms with E-state index < -0.39 is 29.5 Å². The average Bonchev–Trinajstić information content (AvgIpc) is 2.69. The Balaban J connectivity index is 2.18. The van der Waals surface area contributed by atoms with Gasteiger partial charge in [0.25, 0.3) is 0 Å². The molecule has 33 heavy (non-hydrogen) atoms. The van der Waals surface area contributed by atoms with Crippen molar-refractivity contribution in [1.82, 2.24) is 0 Å². The quantitative estimate of drug-likeness (QED) is 0.321.